The van der Waals surface area contributed by atoms with Crippen molar-refractivity contribution >= 4 is 21.6 Å². The summed E-state index contributed by atoms with van der Waals surface area (Å²) >= 11 is 1.85. The van der Waals surface area contributed by atoms with Crippen molar-refractivity contribution in [1.82, 2.24) is 9.97 Å². The molecule has 105 valence electrons. The lowest BCUT2D eigenvalue weighted by Gasteiger charge is -2.11. The van der Waals surface area contributed by atoms with Crippen LogP contribution < -0.4 is 0 Å². The summed E-state index contributed by atoms with van der Waals surface area (Å²) in [4.78, 5) is 12.1. The SMILES string of the molecule is [CH2]c1nc(Cc2ccccc2)nc2sc3c(c12)CCCC3. The smallest absolute Gasteiger partial charge is 0.134 e. The van der Waals surface area contributed by atoms with E-state index in [2.05, 4.69) is 36.2 Å². The van der Waals surface area contributed by atoms with Gasteiger partial charge in [-0.25, -0.2) is 9.97 Å². The van der Waals surface area contributed by atoms with E-state index in [9.17, 15) is 0 Å². The summed E-state index contributed by atoms with van der Waals surface area (Å²) in [5.41, 5.74) is 3.63. The van der Waals surface area contributed by atoms with E-state index in [4.69, 9.17) is 4.98 Å². The Balaban J connectivity index is 1.79. The predicted octanol–water partition coefficient (Wildman–Crippen LogP) is 4.34. The van der Waals surface area contributed by atoms with Crippen molar-refractivity contribution in [3.8, 4) is 0 Å². The fourth-order valence-corrected chi connectivity index (χ4v) is 4.44. The number of aromatic nitrogens is 2. The molecular weight excluding hydrogens is 276 g/mol. The molecule has 21 heavy (non-hydrogen) atoms. The van der Waals surface area contributed by atoms with Gasteiger partial charge < -0.3 is 0 Å². The second-order valence-electron chi connectivity index (χ2n) is 5.64. The van der Waals surface area contributed by atoms with Crippen LogP contribution in [0.3, 0.4) is 0 Å². The molecule has 0 saturated carbocycles. The van der Waals surface area contributed by atoms with Gasteiger partial charge in [-0.05, 0) is 43.7 Å². The summed E-state index contributed by atoms with van der Waals surface area (Å²) in [6, 6.07) is 10.4. The van der Waals surface area contributed by atoms with Crippen LogP contribution in [0.25, 0.3) is 10.2 Å². The van der Waals surface area contributed by atoms with Gasteiger partial charge >= 0.3 is 0 Å². The lowest BCUT2D eigenvalue weighted by molar-refractivity contribution is 0.700. The minimum atomic E-state index is 0.780. The molecule has 0 spiro atoms. The summed E-state index contributed by atoms with van der Waals surface area (Å²) in [5.74, 6) is 0.886. The van der Waals surface area contributed by atoms with Gasteiger partial charge in [-0.3, -0.25) is 0 Å². The second-order valence-corrected chi connectivity index (χ2v) is 6.72. The molecule has 0 atom stereocenters. The summed E-state index contributed by atoms with van der Waals surface area (Å²) in [5, 5.41) is 1.23. The Hall–Kier alpha value is -1.74. The third-order valence-corrected chi connectivity index (χ3v) is 5.33. The molecule has 1 aliphatic rings. The first-order valence-corrected chi connectivity index (χ1v) is 8.30. The maximum atomic E-state index is 4.80. The van der Waals surface area contributed by atoms with Gasteiger partial charge in [0.05, 0.1) is 5.69 Å². The zero-order chi connectivity index (χ0) is 14.2. The highest BCUT2D eigenvalue weighted by Gasteiger charge is 2.19. The van der Waals surface area contributed by atoms with Crippen LogP contribution in [-0.2, 0) is 19.3 Å². The monoisotopic (exact) mass is 293 g/mol. The number of fused-ring (bicyclic) bond motifs is 3. The summed E-state index contributed by atoms with van der Waals surface area (Å²) in [6.45, 7) is 4.19. The molecule has 0 amide bonds. The predicted molar refractivity (Wildman–Crippen MR) is 87.8 cm³/mol. The fourth-order valence-electron chi connectivity index (χ4n) is 3.14. The van der Waals surface area contributed by atoms with E-state index in [0.717, 1.165) is 22.8 Å². The lowest BCUT2D eigenvalue weighted by atomic mass is 9.96. The van der Waals surface area contributed by atoms with Crippen molar-refractivity contribution in [3.63, 3.8) is 0 Å². The van der Waals surface area contributed by atoms with Crippen LogP contribution in [-0.4, -0.2) is 9.97 Å². The van der Waals surface area contributed by atoms with Crippen molar-refractivity contribution < 1.29 is 0 Å². The van der Waals surface area contributed by atoms with E-state index in [1.54, 1.807) is 0 Å². The molecule has 1 aromatic carbocycles. The van der Waals surface area contributed by atoms with Gasteiger partial charge in [-0.2, -0.15) is 0 Å². The molecule has 4 rings (SSSR count). The van der Waals surface area contributed by atoms with Crippen LogP contribution in [0.4, 0.5) is 0 Å². The average Bonchev–Trinajstić information content (AvgIpc) is 2.87. The Kier molecular flexibility index (Phi) is 3.23. The molecule has 0 N–H and O–H groups in total. The number of rotatable bonds is 2. The van der Waals surface area contributed by atoms with Gasteiger partial charge in [0, 0.05) is 16.7 Å². The maximum absolute atomic E-state index is 4.80. The molecule has 2 aromatic heterocycles. The van der Waals surface area contributed by atoms with Crippen molar-refractivity contribution in [2.75, 3.05) is 0 Å². The Morgan fingerprint density at radius 2 is 1.86 bits per heavy atom. The average molecular weight is 293 g/mol. The van der Waals surface area contributed by atoms with E-state index in [-0.39, 0.29) is 0 Å². The third kappa shape index (κ3) is 2.36. The van der Waals surface area contributed by atoms with E-state index in [1.165, 1.54) is 47.1 Å². The number of benzene rings is 1. The Morgan fingerprint density at radius 1 is 1.05 bits per heavy atom. The molecule has 0 aliphatic heterocycles. The van der Waals surface area contributed by atoms with Gasteiger partial charge in [-0.15, -0.1) is 11.3 Å². The molecule has 0 unspecified atom stereocenters. The van der Waals surface area contributed by atoms with Gasteiger partial charge in [0.25, 0.3) is 0 Å². The van der Waals surface area contributed by atoms with Crippen molar-refractivity contribution in [2.45, 2.75) is 32.1 Å². The molecule has 2 nitrogen and oxygen atoms in total. The molecule has 3 heteroatoms. The zero-order valence-corrected chi connectivity index (χ0v) is 12.7. The Labute approximate surface area is 128 Å². The van der Waals surface area contributed by atoms with Gasteiger partial charge in [0.1, 0.15) is 10.7 Å². The number of thiophene rings is 1. The third-order valence-electron chi connectivity index (χ3n) is 4.14. The van der Waals surface area contributed by atoms with Gasteiger partial charge in [0.15, 0.2) is 0 Å². The minimum Gasteiger partial charge on any atom is -0.237 e. The van der Waals surface area contributed by atoms with Crippen molar-refractivity contribution in [2.24, 2.45) is 0 Å². The fraction of sp³-hybridized carbons (Fsp3) is 0.278. The lowest BCUT2D eigenvalue weighted by Crippen LogP contribution is -2.01. The molecular formula is C18H17N2S. The molecule has 0 fully saturated rings. The van der Waals surface area contributed by atoms with E-state index >= 15 is 0 Å². The van der Waals surface area contributed by atoms with Crippen LogP contribution in [0.5, 0.6) is 0 Å². The standard InChI is InChI=1S/C18H17N2S/c1-12-17-14-9-5-6-10-15(14)21-18(17)20-16(19-12)11-13-7-3-2-4-8-13/h2-4,7-8H,1,5-6,9-11H2. The molecule has 0 saturated heterocycles. The molecule has 2 heterocycles. The molecule has 1 radical (unpaired) electrons. The topological polar surface area (TPSA) is 25.8 Å². The first-order valence-electron chi connectivity index (χ1n) is 7.48. The number of hydrogen-bond acceptors (Lipinski definition) is 3. The van der Waals surface area contributed by atoms with E-state index in [1.807, 2.05) is 17.4 Å². The largest absolute Gasteiger partial charge is 0.237 e. The van der Waals surface area contributed by atoms with E-state index < -0.39 is 0 Å². The summed E-state index contributed by atoms with van der Waals surface area (Å²) in [6.07, 6.45) is 5.73. The first-order chi connectivity index (χ1) is 10.3. The summed E-state index contributed by atoms with van der Waals surface area (Å²) in [7, 11) is 0. The quantitative estimate of drug-likeness (QED) is 0.702. The second kappa shape index (κ2) is 5.23. The Morgan fingerprint density at radius 3 is 2.71 bits per heavy atom. The Bertz CT molecular complexity index is 790. The first kappa shape index (κ1) is 13.0. The van der Waals surface area contributed by atoms with E-state index in [0.29, 0.717) is 0 Å². The highest BCUT2D eigenvalue weighted by Crippen LogP contribution is 2.36. The summed E-state index contributed by atoms with van der Waals surface area (Å²) < 4.78 is 0. The zero-order valence-electron chi connectivity index (χ0n) is 11.9. The molecule has 1 aliphatic carbocycles. The van der Waals surface area contributed by atoms with Crippen molar-refractivity contribution in [1.29, 1.82) is 0 Å². The maximum Gasteiger partial charge on any atom is 0.134 e. The molecule has 0 bridgehead atoms. The van der Waals surface area contributed by atoms with Crippen LogP contribution in [0.2, 0.25) is 0 Å². The highest BCUT2D eigenvalue weighted by atomic mass is 32.1. The van der Waals surface area contributed by atoms with Crippen LogP contribution >= 0.6 is 11.3 Å². The van der Waals surface area contributed by atoms with Gasteiger partial charge in [-0.1, -0.05) is 30.3 Å². The van der Waals surface area contributed by atoms with Crippen LogP contribution in [0, 0.1) is 6.92 Å². The highest BCUT2D eigenvalue weighted by molar-refractivity contribution is 7.18. The van der Waals surface area contributed by atoms with Crippen molar-refractivity contribution in [3.05, 3.63) is 64.8 Å². The number of hydrogen-bond donors (Lipinski definition) is 0. The minimum absolute atomic E-state index is 0.780. The number of nitrogens with zero attached hydrogens (tertiary/aromatic N) is 2. The van der Waals surface area contributed by atoms with Gasteiger partial charge in [0.2, 0.25) is 0 Å². The number of aryl methyl sites for hydroxylation is 2. The molecule has 3 aromatic rings. The van der Waals surface area contributed by atoms with Crippen LogP contribution in [0.1, 0.15) is 40.4 Å². The van der Waals surface area contributed by atoms with Crippen LogP contribution in [0.15, 0.2) is 30.3 Å². The normalized spacial score (nSPS) is 14.3.